The minimum Gasteiger partial charge on any atom is -0.204 e. The Morgan fingerprint density at radius 2 is 1.71 bits per heavy atom. The van der Waals surface area contributed by atoms with E-state index in [1.807, 2.05) is 12.1 Å². The summed E-state index contributed by atoms with van der Waals surface area (Å²) < 4.78 is 25.9. The lowest BCUT2D eigenvalue weighted by atomic mass is 10.0. The molecule has 0 heterocycles. The maximum Gasteiger partial charge on any atom is 0.159 e. The number of hydrogen-bond acceptors (Lipinski definition) is 1. The van der Waals surface area contributed by atoms with Crippen LogP contribution in [0.15, 0.2) is 42.5 Å². The predicted octanol–water partition coefficient (Wildman–Crippen LogP) is 3.70. The second-order valence-electron chi connectivity index (χ2n) is 3.66. The van der Waals surface area contributed by atoms with Crippen LogP contribution in [0.3, 0.4) is 0 Å². The first-order chi connectivity index (χ1) is 8.20. The van der Waals surface area contributed by atoms with E-state index >= 15 is 0 Å². The van der Waals surface area contributed by atoms with Crippen LogP contribution in [-0.2, 0) is 6.42 Å². The highest BCUT2D eigenvalue weighted by Gasteiger charge is 2.04. The van der Waals surface area contributed by atoms with Crippen LogP contribution >= 0.6 is 0 Å². The van der Waals surface area contributed by atoms with E-state index in [-0.39, 0.29) is 0 Å². The quantitative estimate of drug-likeness (QED) is 0.770. The fraction of sp³-hybridized carbons (Fsp3) is 0.0714. The fourth-order valence-electron chi connectivity index (χ4n) is 1.63. The standard InChI is InChI=1S/C14H9F2N/c15-13-5-4-12(9-14(13)16)11-3-1-2-10(8-11)6-7-17/h1-5,8-9H,6H2. The molecule has 0 atom stereocenters. The topological polar surface area (TPSA) is 23.8 Å². The molecule has 1 nitrogen and oxygen atoms in total. The maximum atomic E-state index is 13.1. The van der Waals surface area contributed by atoms with Gasteiger partial charge in [0.15, 0.2) is 11.6 Å². The lowest BCUT2D eigenvalue weighted by molar-refractivity contribution is 0.509. The molecule has 2 rings (SSSR count). The van der Waals surface area contributed by atoms with Crippen molar-refractivity contribution in [2.24, 2.45) is 0 Å². The van der Waals surface area contributed by atoms with Crippen molar-refractivity contribution in [1.29, 1.82) is 5.26 Å². The Bertz CT molecular complexity index is 585. The number of rotatable bonds is 2. The van der Waals surface area contributed by atoms with E-state index in [2.05, 4.69) is 0 Å². The molecule has 0 aliphatic heterocycles. The first-order valence-electron chi connectivity index (χ1n) is 5.12. The molecule has 84 valence electrons. The SMILES string of the molecule is N#CCc1cccc(-c2ccc(F)c(F)c2)c1. The molecule has 0 N–H and O–H groups in total. The highest BCUT2D eigenvalue weighted by Crippen LogP contribution is 2.22. The number of hydrogen-bond donors (Lipinski definition) is 0. The molecule has 0 radical (unpaired) electrons. The van der Waals surface area contributed by atoms with Crippen molar-refractivity contribution < 1.29 is 8.78 Å². The molecule has 2 aromatic carbocycles. The van der Waals surface area contributed by atoms with Crippen molar-refractivity contribution in [1.82, 2.24) is 0 Å². The Kier molecular flexibility index (Phi) is 3.15. The van der Waals surface area contributed by atoms with Gasteiger partial charge in [-0.05, 0) is 28.8 Å². The molecule has 0 spiro atoms. The minimum atomic E-state index is -0.867. The molecule has 0 bridgehead atoms. The summed E-state index contributed by atoms with van der Waals surface area (Å²) in [5, 5.41) is 8.60. The second kappa shape index (κ2) is 4.75. The third-order valence-corrected chi connectivity index (χ3v) is 2.46. The first-order valence-corrected chi connectivity index (χ1v) is 5.12. The van der Waals surface area contributed by atoms with Gasteiger partial charge in [0.05, 0.1) is 12.5 Å². The van der Waals surface area contributed by atoms with E-state index in [4.69, 9.17) is 5.26 Å². The molecule has 0 saturated carbocycles. The molecular weight excluding hydrogens is 220 g/mol. The van der Waals surface area contributed by atoms with Gasteiger partial charge < -0.3 is 0 Å². The Hall–Kier alpha value is -2.21. The van der Waals surface area contributed by atoms with Gasteiger partial charge in [-0.15, -0.1) is 0 Å². The van der Waals surface area contributed by atoms with Crippen LogP contribution in [0.2, 0.25) is 0 Å². The predicted molar refractivity (Wildman–Crippen MR) is 61.1 cm³/mol. The first kappa shape index (κ1) is 11.3. The van der Waals surface area contributed by atoms with E-state index in [1.54, 1.807) is 18.2 Å². The van der Waals surface area contributed by atoms with Gasteiger partial charge in [0.1, 0.15) is 0 Å². The van der Waals surface area contributed by atoms with Gasteiger partial charge in [0.25, 0.3) is 0 Å². The minimum absolute atomic E-state index is 0.303. The molecule has 0 aromatic heterocycles. The van der Waals surface area contributed by atoms with Crippen molar-refractivity contribution in [3.8, 4) is 17.2 Å². The summed E-state index contributed by atoms with van der Waals surface area (Å²) >= 11 is 0. The van der Waals surface area contributed by atoms with Crippen LogP contribution < -0.4 is 0 Å². The number of nitrogens with zero attached hydrogens (tertiary/aromatic N) is 1. The zero-order valence-electron chi connectivity index (χ0n) is 8.95. The lowest BCUT2D eigenvalue weighted by Gasteiger charge is -2.04. The second-order valence-corrected chi connectivity index (χ2v) is 3.66. The van der Waals surface area contributed by atoms with Gasteiger partial charge in [0, 0.05) is 0 Å². The smallest absolute Gasteiger partial charge is 0.159 e. The Morgan fingerprint density at radius 3 is 2.41 bits per heavy atom. The summed E-state index contributed by atoms with van der Waals surface area (Å²) in [6, 6.07) is 13.0. The van der Waals surface area contributed by atoms with E-state index < -0.39 is 11.6 Å². The third-order valence-electron chi connectivity index (χ3n) is 2.46. The summed E-state index contributed by atoms with van der Waals surface area (Å²) in [6.07, 6.45) is 0.303. The van der Waals surface area contributed by atoms with Gasteiger partial charge in [0.2, 0.25) is 0 Å². The molecule has 0 aliphatic rings. The number of nitriles is 1. The molecule has 0 fully saturated rings. The maximum absolute atomic E-state index is 13.1. The zero-order chi connectivity index (χ0) is 12.3. The molecule has 0 aliphatic carbocycles. The highest BCUT2D eigenvalue weighted by atomic mass is 19.2. The zero-order valence-corrected chi connectivity index (χ0v) is 8.95. The van der Waals surface area contributed by atoms with Gasteiger partial charge in [-0.3, -0.25) is 0 Å². The van der Waals surface area contributed by atoms with Crippen molar-refractivity contribution in [2.45, 2.75) is 6.42 Å². The molecule has 17 heavy (non-hydrogen) atoms. The lowest BCUT2D eigenvalue weighted by Crippen LogP contribution is -1.87. The summed E-state index contributed by atoms with van der Waals surface area (Å²) in [5.74, 6) is -1.73. The Labute approximate surface area is 97.9 Å². The van der Waals surface area contributed by atoms with Gasteiger partial charge in [-0.1, -0.05) is 30.3 Å². The van der Waals surface area contributed by atoms with Crippen LogP contribution in [0.1, 0.15) is 5.56 Å². The Morgan fingerprint density at radius 1 is 0.941 bits per heavy atom. The fourth-order valence-corrected chi connectivity index (χ4v) is 1.63. The summed E-state index contributed by atoms with van der Waals surface area (Å²) in [7, 11) is 0. The number of benzene rings is 2. The molecular formula is C14H9F2N. The number of halogens is 2. The van der Waals surface area contributed by atoms with E-state index in [0.717, 1.165) is 23.3 Å². The average Bonchev–Trinajstić information content (AvgIpc) is 2.33. The van der Waals surface area contributed by atoms with E-state index in [1.165, 1.54) is 6.07 Å². The third kappa shape index (κ3) is 2.48. The van der Waals surface area contributed by atoms with Crippen LogP contribution in [-0.4, -0.2) is 0 Å². The highest BCUT2D eigenvalue weighted by molar-refractivity contribution is 5.64. The Balaban J connectivity index is 2.42. The van der Waals surface area contributed by atoms with Crippen molar-refractivity contribution in [3.63, 3.8) is 0 Å². The molecule has 2 aromatic rings. The van der Waals surface area contributed by atoms with Crippen molar-refractivity contribution >= 4 is 0 Å². The molecule has 0 unspecified atom stereocenters. The van der Waals surface area contributed by atoms with Crippen LogP contribution in [0, 0.1) is 23.0 Å². The monoisotopic (exact) mass is 229 g/mol. The van der Waals surface area contributed by atoms with Crippen LogP contribution in [0.4, 0.5) is 8.78 Å². The average molecular weight is 229 g/mol. The summed E-state index contributed by atoms with van der Waals surface area (Å²) in [5.41, 5.74) is 2.23. The van der Waals surface area contributed by atoms with Gasteiger partial charge in [-0.2, -0.15) is 5.26 Å². The van der Waals surface area contributed by atoms with Crippen molar-refractivity contribution in [2.75, 3.05) is 0 Å². The van der Waals surface area contributed by atoms with E-state index in [0.29, 0.717) is 12.0 Å². The van der Waals surface area contributed by atoms with Gasteiger partial charge >= 0.3 is 0 Å². The molecule has 0 amide bonds. The normalized spacial score (nSPS) is 9.94. The molecule has 0 saturated heterocycles. The molecule has 3 heteroatoms. The largest absolute Gasteiger partial charge is 0.204 e. The summed E-state index contributed by atoms with van der Waals surface area (Å²) in [6.45, 7) is 0. The van der Waals surface area contributed by atoms with Gasteiger partial charge in [-0.25, -0.2) is 8.78 Å². The van der Waals surface area contributed by atoms with E-state index in [9.17, 15) is 8.78 Å². The summed E-state index contributed by atoms with van der Waals surface area (Å²) in [4.78, 5) is 0. The van der Waals surface area contributed by atoms with Crippen molar-refractivity contribution in [3.05, 3.63) is 59.7 Å². The van der Waals surface area contributed by atoms with Crippen LogP contribution in [0.25, 0.3) is 11.1 Å². The van der Waals surface area contributed by atoms with Crippen LogP contribution in [0.5, 0.6) is 0 Å².